The van der Waals surface area contributed by atoms with Crippen LogP contribution in [0.3, 0.4) is 0 Å². The Morgan fingerprint density at radius 3 is 2.75 bits per heavy atom. The lowest BCUT2D eigenvalue weighted by Crippen LogP contribution is -1.98. The molecule has 1 aromatic heterocycles. The van der Waals surface area contributed by atoms with E-state index in [0.717, 1.165) is 9.10 Å². The van der Waals surface area contributed by atoms with Crippen LogP contribution in [0.5, 0.6) is 0 Å². The third-order valence-electron chi connectivity index (χ3n) is 2.14. The average molecular weight is 254 g/mol. The third kappa shape index (κ3) is 2.45. The van der Waals surface area contributed by atoms with Crippen LogP contribution in [-0.2, 0) is 0 Å². The van der Waals surface area contributed by atoms with E-state index >= 15 is 0 Å². The van der Waals surface area contributed by atoms with E-state index in [2.05, 4.69) is 0 Å². The van der Waals surface area contributed by atoms with Crippen molar-refractivity contribution in [2.75, 3.05) is 0 Å². The summed E-state index contributed by atoms with van der Waals surface area (Å²) in [5.74, 6) is -0.350. The van der Waals surface area contributed by atoms with Gasteiger partial charge in [0.25, 0.3) is 0 Å². The van der Waals surface area contributed by atoms with Crippen LogP contribution in [0.1, 0.15) is 18.6 Å². The molecule has 0 saturated heterocycles. The van der Waals surface area contributed by atoms with E-state index in [0.29, 0.717) is 5.56 Å². The van der Waals surface area contributed by atoms with Gasteiger partial charge in [-0.1, -0.05) is 23.9 Å². The number of aliphatic hydroxyl groups excluding tert-OH is 1. The molecule has 16 heavy (non-hydrogen) atoms. The zero-order chi connectivity index (χ0) is 11.5. The fourth-order valence-corrected chi connectivity index (χ4v) is 3.41. The van der Waals surface area contributed by atoms with Crippen molar-refractivity contribution in [3.05, 3.63) is 47.1 Å². The quantitative estimate of drug-likeness (QED) is 0.890. The van der Waals surface area contributed by atoms with Gasteiger partial charge in [0.1, 0.15) is 5.82 Å². The molecule has 0 fully saturated rings. The van der Waals surface area contributed by atoms with Crippen molar-refractivity contribution in [3.63, 3.8) is 0 Å². The van der Waals surface area contributed by atoms with Gasteiger partial charge in [-0.3, -0.25) is 0 Å². The molecule has 0 amide bonds. The Morgan fingerprint density at radius 1 is 1.31 bits per heavy atom. The number of thiophene rings is 1. The lowest BCUT2D eigenvalue weighted by molar-refractivity contribution is 0.191. The molecular weight excluding hydrogens is 243 g/mol. The molecule has 1 N–H and O–H groups in total. The fraction of sp³-hybridized carbons (Fsp3) is 0.167. The van der Waals surface area contributed by atoms with E-state index in [9.17, 15) is 9.50 Å². The monoisotopic (exact) mass is 254 g/mol. The summed E-state index contributed by atoms with van der Waals surface area (Å²) in [7, 11) is 0. The summed E-state index contributed by atoms with van der Waals surface area (Å²) < 4.78 is 14.6. The van der Waals surface area contributed by atoms with Crippen LogP contribution in [0.15, 0.2) is 44.8 Å². The molecule has 0 spiro atoms. The maximum atomic E-state index is 13.6. The van der Waals surface area contributed by atoms with E-state index in [1.54, 1.807) is 24.3 Å². The molecule has 0 aliphatic rings. The zero-order valence-electron chi connectivity index (χ0n) is 8.68. The molecule has 0 saturated carbocycles. The maximum Gasteiger partial charge on any atom is 0.130 e. The fourth-order valence-electron chi connectivity index (χ4n) is 1.44. The highest BCUT2D eigenvalue weighted by atomic mass is 32.2. The van der Waals surface area contributed by atoms with Crippen LogP contribution in [0, 0.1) is 5.82 Å². The van der Waals surface area contributed by atoms with Crippen molar-refractivity contribution in [2.24, 2.45) is 0 Å². The Kier molecular flexibility index (Phi) is 3.63. The van der Waals surface area contributed by atoms with Crippen LogP contribution in [0.25, 0.3) is 0 Å². The average Bonchev–Trinajstić information content (AvgIpc) is 2.70. The highest BCUT2D eigenvalue weighted by molar-refractivity contribution is 8.01. The Hall–Kier alpha value is -0.840. The number of rotatable bonds is 3. The molecule has 1 aromatic carbocycles. The molecule has 1 atom stereocenters. The molecule has 0 radical (unpaired) electrons. The van der Waals surface area contributed by atoms with Crippen molar-refractivity contribution in [1.82, 2.24) is 0 Å². The lowest BCUT2D eigenvalue weighted by Gasteiger charge is -2.11. The van der Waals surface area contributed by atoms with Gasteiger partial charge in [-0.25, -0.2) is 4.39 Å². The van der Waals surface area contributed by atoms with Crippen LogP contribution >= 0.6 is 23.1 Å². The summed E-state index contributed by atoms with van der Waals surface area (Å²) in [5, 5.41) is 11.5. The first-order valence-electron chi connectivity index (χ1n) is 4.86. The Morgan fingerprint density at radius 2 is 2.12 bits per heavy atom. The first kappa shape index (κ1) is 11.6. The first-order chi connectivity index (χ1) is 7.68. The Balaban J connectivity index is 2.37. The summed E-state index contributed by atoms with van der Waals surface area (Å²) in [6, 6.07) is 8.80. The predicted octanol–water partition coefficient (Wildman–Crippen LogP) is 4.09. The largest absolute Gasteiger partial charge is 0.389 e. The van der Waals surface area contributed by atoms with Gasteiger partial charge in [-0.15, -0.1) is 11.3 Å². The summed E-state index contributed by atoms with van der Waals surface area (Å²) in [6.07, 6.45) is -0.788. The van der Waals surface area contributed by atoms with E-state index in [4.69, 9.17) is 0 Å². The van der Waals surface area contributed by atoms with Crippen molar-refractivity contribution >= 4 is 23.1 Å². The topological polar surface area (TPSA) is 20.2 Å². The van der Waals surface area contributed by atoms with E-state index in [-0.39, 0.29) is 5.82 Å². The number of benzene rings is 1. The SMILES string of the molecule is C[C@H](O)c1c(F)cccc1Sc1cccs1. The summed E-state index contributed by atoms with van der Waals surface area (Å²) >= 11 is 3.08. The lowest BCUT2D eigenvalue weighted by atomic mass is 10.1. The molecule has 0 unspecified atom stereocenters. The molecule has 0 aliphatic carbocycles. The van der Waals surface area contributed by atoms with E-state index < -0.39 is 6.10 Å². The molecule has 0 bridgehead atoms. The molecule has 0 aliphatic heterocycles. The number of halogens is 1. The number of hydrogen-bond acceptors (Lipinski definition) is 3. The van der Waals surface area contributed by atoms with Crippen molar-refractivity contribution < 1.29 is 9.50 Å². The smallest absolute Gasteiger partial charge is 0.130 e. The Labute approximate surface area is 102 Å². The van der Waals surface area contributed by atoms with Crippen molar-refractivity contribution in [2.45, 2.75) is 22.1 Å². The van der Waals surface area contributed by atoms with Crippen LogP contribution in [-0.4, -0.2) is 5.11 Å². The molecule has 2 rings (SSSR count). The number of hydrogen-bond donors (Lipinski definition) is 1. The van der Waals surface area contributed by atoms with Crippen molar-refractivity contribution in [1.29, 1.82) is 0 Å². The van der Waals surface area contributed by atoms with Gasteiger partial charge in [-0.05, 0) is 30.5 Å². The summed E-state index contributed by atoms with van der Waals surface area (Å²) in [5.41, 5.74) is 0.376. The normalized spacial score (nSPS) is 12.7. The summed E-state index contributed by atoms with van der Waals surface area (Å²) in [6.45, 7) is 1.58. The minimum absolute atomic E-state index is 0.350. The van der Waals surface area contributed by atoms with Gasteiger partial charge < -0.3 is 5.11 Å². The maximum absolute atomic E-state index is 13.6. The second-order valence-corrected chi connectivity index (χ2v) is 5.65. The van der Waals surface area contributed by atoms with Crippen molar-refractivity contribution in [3.8, 4) is 0 Å². The Bertz CT molecular complexity index is 466. The van der Waals surface area contributed by atoms with Gasteiger partial charge in [0.05, 0.1) is 10.3 Å². The van der Waals surface area contributed by atoms with Gasteiger partial charge in [0, 0.05) is 10.5 Å². The first-order valence-corrected chi connectivity index (χ1v) is 6.56. The highest BCUT2D eigenvalue weighted by Crippen LogP contribution is 2.36. The molecule has 4 heteroatoms. The molecule has 84 valence electrons. The van der Waals surface area contributed by atoms with E-state index in [1.807, 2.05) is 23.6 Å². The molecule has 1 nitrogen and oxygen atoms in total. The van der Waals surface area contributed by atoms with E-state index in [1.165, 1.54) is 17.8 Å². The van der Waals surface area contributed by atoms with Crippen LogP contribution in [0.2, 0.25) is 0 Å². The second kappa shape index (κ2) is 4.99. The minimum atomic E-state index is -0.788. The predicted molar refractivity (Wildman–Crippen MR) is 65.5 cm³/mol. The van der Waals surface area contributed by atoms with Crippen LogP contribution in [0.4, 0.5) is 4.39 Å². The van der Waals surface area contributed by atoms with Crippen LogP contribution < -0.4 is 0 Å². The third-order valence-corrected chi connectivity index (χ3v) is 4.25. The molecular formula is C12H11FOS2. The molecule has 2 aromatic rings. The minimum Gasteiger partial charge on any atom is -0.389 e. The van der Waals surface area contributed by atoms with Gasteiger partial charge in [-0.2, -0.15) is 0 Å². The highest BCUT2D eigenvalue weighted by Gasteiger charge is 2.14. The number of aliphatic hydroxyl groups is 1. The summed E-state index contributed by atoms with van der Waals surface area (Å²) in [4.78, 5) is 0.775. The van der Waals surface area contributed by atoms with Gasteiger partial charge >= 0.3 is 0 Å². The standard InChI is InChI=1S/C12H11FOS2/c1-8(14)12-9(13)4-2-5-10(12)16-11-6-3-7-15-11/h2-8,14H,1H3/t8-/m0/s1. The van der Waals surface area contributed by atoms with Gasteiger partial charge in [0.2, 0.25) is 0 Å². The zero-order valence-corrected chi connectivity index (χ0v) is 10.3. The van der Waals surface area contributed by atoms with Gasteiger partial charge in [0.15, 0.2) is 0 Å². The molecule has 1 heterocycles. The second-order valence-electron chi connectivity index (χ2n) is 3.36.